The van der Waals surface area contributed by atoms with Crippen molar-refractivity contribution in [3.63, 3.8) is 0 Å². The molecule has 0 saturated carbocycles. The average Bonchev–Trinajstić information content (AvgIpc) is 2.38. The van der Waals surface area contributed by atoms with Crippen molar-refractivity contribution in [2.24, 2.45) is 0 Å². The van der Waals surface area contributed by atoms with E-state index < -0.39 is 28.9 Å². The standard InChI is InChI=1S/C13H9F4NO2/c14-12(13(15,16)17)8-10(6-7-11(12)18(19)20)9-4-2-1-3-5-9/h1-7H,8H2. The van der Waals surface area contributed by atoms with E-state index in [0.29, 0.717) is 11.6 Å². The molecule has 0 spiro atoms. The number of alkyl halides is 4. The van der Waals surface area contributed by atoms with Crippen LogP contribution in [0.25, 0.3) is 5.57 Å². The van der Waals surface area contributed by atoms with Gasteiger partial charge < -0.3 is 0 Å². The van der Waals surface area contributed by atoms with E-state index >= 15 is 0 Å². The van der Waals surface area contributed by atoms with Gasteiger partial charge in [0.1, 0.15) is 0 Å². The lowest BCUT2D eigenvalue weighted by molar-refractivity contribution is -0.453. The van der Waals surface area contributed by atoms with Gasteiger partial charge in [0, 0.05) is 12.5 Å². The molecule has 1 aromatic rings. The highest BCUT2D eigenvalue weighted by Crippen LogP contribution is 2.47. The first-order valence-corrected chi connectivity index (χ1v) is 5.62. The maximum Gasteiger partial charge on any atom is 0.433 e. The summed E-state index contributed by atoms with van der Waals surface area (Å²) >= 11 is 0. The molecule has 0 heterocycles. The summed E-state index contributed by atoms with van der Waals surface area (Å²) in [7, 11) is 0. The number of hydrogen-bond donors (Lipinski definition) is 0. The summed E-state index contributed by atoms with van der Waals surface area (Å²) in [5.41, 5.74) is -4.99. The van der Waals surface area contributed by atoms with Crippen molar-refractivity contribution >= 4 is 5.57 Å². The normalized spacial score (nSPS) is 23.0. The fourth-order valence-corrected chi connectivity index (χ4v) is 2.03. The summed E-state index contributed by atoms with van der Waals surface area (Å²) in [6.07, 6.45) is -4.72. The van der Waals surface area contributed by atoms with Crippen molar-refractivity contribution in [2.75, 3.05) is 0 Å². The van der Waals surface area contributed by atoms with Crippen molar-refractivity contribution < 1.29 is 22.5 Å². The van der Waals surface area contributed by atoms with Gasteiger partial charge in [0.05, 0.1) is 4.92 Å². The third-order valence-electron chi connectivity index (χ3n) is 3.07. The van der Waals surface area contributed by atoms with Crippen LogP contribution in [0.15, 0.2) is 48.2 Å². The molecular weight excluding hydrogens is 278 g/mol. The number of nitrogens with zero attached hydrogens (tertiary/aromatic N) is 1. The molecule has 0 fully saturated rings. The second-order valence-corrected chi connectivity index (χ2v) is 4.34. The van der Waals surface area contributed by atoms with Gasteiger partial charge in [0.25, 0.3) is 11.4 Å². The highest BCUT2D eigenvalue weighted by atomic mass is 19.4. The summed E-state index contributed by atoms with van der Waals surface area (Å²) in [6.45, 7) is 0. The predicted molar refractivity (Wildman–Crippen MR) is 64.0 cm³/mol. The van der Waals surface area contributed by atoms with Crippen LogP contribution in [0.3, 0.4) is 0 Å². The number of rotatable bonds is 2. The second-order valence-electron chi connectivity index (χ2n) is 4.34. The zero-order valence-electron chi connectivity index (χ0n) is 10.0. The van der Waals surface area contributed by atoms with E-state index in [1.165, 1.54) is 12.1 Å². The van der Waals surface area contributed by atoms with Crippen LogP contribution >= 0.6 is 0 Å². The van der Waals surface area contributed by atoms with Crippen LogP contribution in [0.1, 0.15) is 12.0 Å². The van der Waals surface area contributed by atoms with E-state index in [-0.39, 0.29) is 5.57 Å². The summed E-state index contributed by atoms with van der Waals surface area (Å²) in [6, 6.07) is 7.89. The van der Waals surface area contributed by atoms with Crippen LogP contribution in [0.5, 0.6) is 0 Å². The Morgan fingerprint density at radius 3 is 2.25 bits per heavy atom. The van der Waals surface area contributed by atoms with Crippen molar-refractivity contribution in [3.8, 4) is 0 Å². The Morgan fingerprint density at radius 2 is 1.75 bits per heavy atom. The Bertz CT molecular complexity index is 592. The molecule has 0 aromatic heterocycles. The molecule has 1 aliphatic rings. The largest absolute Gasteiger partial charge is 0.433 e. The highest BCUT2D eigenvalue weighted by molar-refractivity contribution is 5.70. The van der Waals surface area contributed by atoms with Crippen molar-refractivity contribution in [1.29, 1.82) is 0 Å². The zero-order chi connectivity index (χ0) is 15.0. The topological polar surface area (TPSA) is 43.1 Å². The van der Waals surface area contributed by atoms with E-state index in [0.717, 1.165) is 6.08 Å². The van der Waals surface area contributed by atoms with E-state index in [1.54, 1.807) is 18.2 Å². The molecule has 0 N–H and O–H groups in total. The van der Waals surface area contributed by atoms with Crippen LogP contribution in [0, 0.1) is 10.1 Å². The lowest BCUT2D eigenvalue weighted by Gasteiger charge is -2.28. The Morgan fingerprint density at radius 1 is 1.15 bits per heavy atom. The lowest BCUT2D eigenvalue weighted by atomic mass is 9.85. The molecule has 0 saturated heterocycles. The van der Waals surface area contributed by atoms with Gasteiger partial charge >= 0.3 is 6.18 Å². The Balaban J connectivity index is 2.50. The molecule has 1 unspecified atom stereocenters. The maximum atomic E-state index is 14.3. The maximum absolute atomic E-state index is 14.3. The minimum absolute atomic E-state index is 0.0658. The molecule has 0 radical (unpaired) electrons. The van der Waals surface area contributed by atoms with Crippen LogP contribution in [0.2, 0.25) is 0 Å². The smallest absolute Gasteiger partial charge is 0.259 e. The second kappa shape index (κ2) is 4.73. The van der Waals surface area contributed by atoms with Gasteiger partial charge in [-0.2, -0.15) is 13.2 Å². The van der Waals surface area contributed by atoms with Crippen LogP contribution in [-0.4, -0.2) is 16.8 Å². The summed E-state index contributed by atoms with van der Waals surface area (Å²) in [5, 5.41) is 10.6. The number of nitro groups is 1. The number of benzene rings is 1. The summed E-state index contributed by atoms with van der Waals surface area (Å²) in [4.78, 5) is 9.30. The highest BCUT2D eigenvalue weighted by Gasteiger charge is 2.65. The average molecular weight is 287 g/mol. The Hall–Kier alpha value is -2.18. The first-order chi connectivity index (χ1) is 9.25. The predicted octanol–water partition coefficient (Wildman–Crippen LogP) is 3.90. The number of halogens is 4. The summed E-state index contributed by atoms with van der Waals surface area (Å²) in [5.74, 6) is 0. The quantitative estimate of drug-likeness (QED) is 0.470. The van der Waals surface area contributed by atoms with E-state index in [4.69, 9.17) is 0 Å². The van der Waals surface area contributed by atoms with Crippen LogP contribution < -0.4 is 0 Å². The van der Waals surface area contributed by atoms with Crippen LogP contribution in [0.4, 0.5) is 17.6 Å². The summed E-state index contributed by atoms with van der Waals surface area (Å²) < 4.78 is 52.9. The molecule has 1 aromatic carbocycles. The molecule has 1 atom stereocenters. The van der Waals surface area contributed by atoms with Gasteiger partial charge in [0.15, 0.2) is 0 Å². The Kier molecular flexibility index (Phi) is 3.37. The molecule has 0 aliphatic heterocycles. The first kappa shape index (κ1) is 14.2. The molecule has 106 valence electrons. The van der Waals surface area contributed by atoms with E-state index in [1.807, 2.05) is 0 Å². The minimum Gasteiger partial charge on any atom is -0.259 e. The molecule has 0 bridgehead atoms. The molecule has 2 rings (SSSR count). The van der Waals surface area contributed by atoms with Crippen LogP contribution in [-0.2, 0) is 0 Å². The minimum atomic E-state index is -5.35. The van der Waals surface area contributed by atoms with Crippen molar-refractivity contribution in [2.45, 2.75) is 18.3 Å². The third-order valence-corrected chi connectivity index (χ3v) is 3.07. The number of allylic oxidation sites excluding steroid dienone is 4. The number of hydrogen-bond acceptors (Lipinski definition) is 2. The molecular formula is C13H9F4NO2. The first-order valence-electron chi connectivity index (χ1n) is 5.62. The molecule has 7 heteroatoms. The molecule has 20 heavy (non-hydrogen) atoms. The van der Waals surface area contributed by atoms with Gasteiger partial charge in [0.2, 0.25) is 0 Å². The Labute approximate surface area is 111 Å². The van der Waals surface area contributed by atoms with Gasteiger partial charge in [-0.1, -0.05) is 36.4 Å². The molecule has 1 aliphatic carbocycles. The van der Waals surface area contributed by atoms with Gasteiger partial charge in [-0.15, -0.1) is 0 Å². The fourth-order valence-electron chi connectivity index (χ4n) is 2.03. The zero-order valence-corrected chi connectivity index (χ0v) is 10.0. The van der Waals surface area contributed by atoms with Gasteiger partial charge in [-0.05, 0) is 11.1 Å². The van der Waals surface area contributed by atoms with E-state index in [9.17, 15) is 27.7 Å². The SMILES string of the molecule is O=[N+]([O-])C1=CC=C(c2ccccc2)CC1(F)C(F)(F)F. The van der Waals surface area contributed by atoms with Crippen molar-refractivity contribution in [1.82, 2.24) is 0 Å². The molecule has 3 nitrogen and oxygen atoms in total. The fraction of sp³-hybridized carbons (Fsp3) is 0.231. The van der Waals surface area contributed by atoms with Gasteiger partial charge in [-0.3, -0.25) is 10.1 Å². The third kappa shape index (κ3) is 2.31. The van der Waals surface area contributed by atoms with Gasteiger partial charge in [-0.25, -0.2) is 4.39 Å². The monoisotopic (exact) mass is 287 g/mol. The van der Waals surface area contributed by atoms with E-state index in [2.05, 4.69) is 0 Å². The molecule has 0 amide bonds. The van der Waals surface area contributed by atoms with Crippen molar-refractivity contribution in [3.05, 3.63) is 63.9 Å². The lowest BCUT2D eigenvalue weighted by Crippen LogP contribution is -2.46.